The van der Waals surface area contributed by atoms with Gasteiger partial charge in [-0.2, -0.15) is 0 Å². The molecular weight excluding hydrogens is 338 g/mol. The van der Waals surface area contributed by atoms with Gasteiger partial charge in [-0.05, 0) is 38.1 Å². The molecule has 0 aliphatic rings. The fourth-order valence-corrected chi connectivity index (χ4v) is 3.46. The van der Waals surface area contributed by atoms with E-state index in [-0.39, 0.29) is 16.7 Å². The molecule has 0 radical (unpaired) electrons. The van der Waals surface area contributed by atoms with Crippen LogP contribution in [0.5, 0.6) is 0 Å². The van der Waals surface area contributed by atoms with E-state index in [1.165, 1.54) is 11.8 Å². The van der Waals surface area contributed by atoms with Crippen LogP contribution in [0.25, 0.3) is 10.9 Å². The molecule has 6 nitrogen and oxygen atoms in total. The van der Waals surface area contributed by atoms with Gasteiger partial charge in [-0.3, -0.25) is 14.2 Å². The quantitative estimate of drug-likeness (QED) is 0.542. The number of nitrogens with one attached hydrogen (secondary N) is 1. The van der Waals surface area contributed by atoms with E-state index in [2.05, 4.69) is 10.3 Å². The van der Waals surface area contributed by atoms with Crippen molar-refractivity contribution in [3.63, 3.8) is 0 Å². The molecule has 130 valence electrons. The molecule has 0 fully saturated rings. The van der Waals surface area contributed by atoms with Crippen molar-refractivity contribution in [3.05, 3.63) is 58.8 Å². The molecule has 0 saturated carbocycles. The predicted molar refractivity (Wildman–Crippen MR) is 97.6 cm³/mol. The van der Waals surface area contributed by atoms with E-state index in [1.54, 1.807) is 36.0 Å². The average Bonchev–Trinajstić information content (AvgIpc) is 3.13. The summed E-state index contributed by atoms with van der Waals surface area (Å²) >= 11 is 1.28. The number of nitrogens with zero attached hydrogens (tertiary/aromatic N) is 2. The van der Waals surface area contributed by atoms with Crippen LogP contribution in [0.4, 0.5) is 0 Å². The zero-order chi connectivity index (χ0) is 17.8. The van der Waals surface area contributed by atoms with Crippen LogP contribution < -0.4 is 10.9 Å². The first kappa shape index (κ1) is 17.3. The molecule has 1 atom stereocenters. The summed E-state index contributed by atoms with van der Waals surface area (Å²) in [6, 6.07) is 10.8. The summed E-state index contributed by atoms with van der Waals surface area (Å²) in [6.07, 6.45) is 1.57. The second-order valence-electron chi connectivity index (χ2n) is 5.52. The normalized spacial score (nSPS) is 12.2. The minimum Gasteiger partial charge on any atom is -0.467 e. The average molecular weight is 357 g/mol. The highest BCUT2D eigenvalue weighted by Gasteiger charge is 2.19. The summed E-state index contributed by atoms with van der Waals surface area (Å²) in [7, 11) is 0. The van der Waals surface area contributed by atoms with E-state index >= 15 is 0 Å². The van der Waals surface area contributed by atoms with E-state index in [1.807, 2.05) is 25.1 Å². The van der Waals surface area contributed by atoms with Gasteiger partial charge in [-0.15, -0.1) is 0 Å². The lowest BCUT2D eigenvalue weighted by Crippen LogP contribution is -2.31. The van der Waals surface area contributed by atoms with E-state index in [0.717, 1.165) is 0 Å². The third kappa shape index (κ3) is 3.76. The van der Waals surface area contributed by atoms with Crippen molar-refractivity contribution in [3.8, 4) is 0 Å². The second-order valence-corrected chi connectivity index (χ2v) is 6.83. The number of fused-ring (bicyclic) bond motifs is 1. The number of benzene rings is 1. The number of amides is 1. The highest BCUT2D eigenvalue weighted by molar-refractivity contribution is 8.00. The largest absolute Gasteiger partial charge is 0.467 e. The Kier molecular flexibility index (Phi) is 5.23. The van der Waals surface area contributed by atoms with Crippen molar-refractivity contribution < 1.29 is 9.21 Å². The first-order valence-electron chi connectivity index (χ1n) is 8.06. The van der Waals surface area contributed by atoms with Crippen molar-refractivity contribution >= 4 is 28.6 Å². The molecule has 2 heterocycles. The van der Waals surface area contributed by atoms with Gasteiger partial charge in [0.2, 0.25) is 5.91 Å². The van der Waals surface area contributed by atoms with Gasteiger partial charge in [0.15, 0.2) is 5.16 Å². The first-order chi connectivity index (χ1) is 12.1. The Morgan fingerprint density at radius 2 is 2.12 bits per heavy atom. The van der Waals surface area contributed by atoms with Crippen molar-refractivity contribution in [1.82, 2.24) is 14.9 Å². The number of para-hydroxylation sites is 1. The molecule has 0 aliphatic heterocycles. The number of rotatable bonds is 6. The van der Waals surface area contributed by atoms with Crippen molar-refractivity contribution in [2.24, 2.45) is 0 Å². The Morgan fingerprint density at radius 3 is 2.84 bits per heavy atom. The summed E-state index contributed by atoms with van der Waals surface area (Å²) in [5.41, 5.74) is 0.557. The first-order valence-corrected chi connectivity index (χ1v) is 8.94. The zero-order valence-corrected chi connectivity index (χ0v) is 14.9. The predicted octanol–water partition coefficient (Wildman–Crippen LogP) is 2.81. The van der Waals surface area contributed by atoms with Gasteiger partial charge in [-0.1, -0.05) is 23.9 Å². The molecule has 0 aliphatic carbocycles. The van der Waals surface area contributed by atoms with Gasteiger partial charge in [0.1, 0.15) is 5.76 Å². The Bertz CT molecular complexity index is 934. The van der Waals surface area contributed by atoms with Gasteiger partial charge in [-0.25, -0.2) is 4.98 Å². The molecule has 25 heavy (non-hydrogen) atoms. The molecular formula is C18H19N3O3S. The van der Waals surface area contributed by atoms with E-state index in [4.69, 9.17) is 4.42 Å². The lowest BCUT2D eigenvalue weighted by atomic mass is 10.2. The molecule has 3 aromatic rings. The van der Waals surface area contributed by atoms with Crippen LogP contribution in [0, 0.1) is 0 Å². The number of thioether (sulfide) groups is 1. The number of hydrogen-bond acceptors (Lipinski definition) is 5. The van der Waals surface area contributed by atoms with Gasteiger partial charge in [0.05, 0.1) is 29.0 Å². The minimum absolute atomic E-state index is 0.0845. The van der Waals surface area contributed by atoms with E-state index in [0.29, 0.717) is 34.9 Å². The van der Waals surface area contributed by atoms with E-state index < -0.39 is 0 Å². The molecule has 3 rings (SSSR count). The molecule has 1 amide bonds. The summed E-state index contributed by atoms with van der Waals surface area (Å²) in [5, 5.41) is 3.57. The van der Waals surface area contributed by atoms with Crippen LogP contribution in [-0.2, 0) is 17.9 Å². The van der Waals surface area contributed by atoms with Gasteiger partial charge >= 0.3 is 0 Å². The van der Waals surface area contributed by atoms with Crippen molar-refractivity contribution in [2.45, 2.75) is 37.3 Å². The summed E-state index contributed by atoms with van der Waals surface area (Å²) in [4.78, 5) is 29.5. The Morgan fingerprint density at radius 1 is 1.32 bits per heavy atom. The molecule has 1 N–H and O–H groups in total. The van der Waals surface area contributed by atoms with Crippen LogP contribution in [0.15, 0.2) is 57.0 Å². The standard InChI is InChI=1S/C18H19N3O3S/c1-3-21-17(23)14-8-4-5-9-15(14)20-18(21)25-12(2)16(22)19-11-13-7-6-10-24-13/h4-10,12H,3,11H2,1-2H3,(H,19,22). The topological polar surface area (TPSA) is 77.1 Å². The van der Waals surface area contributed by atoms with Crippen LogP contribution >= 0.6 is 11.8 Å². The number of furan rings is 1. The van der Waals surface area contributed by atoms with Crippen LogP contribution in [-0.4, -0.2) is 20.7 Å². The molecule has 1 aromatic carbocycles. The summed E-state index contributed by atoms with van der Waals surface area (Å²) in [6.45, 7) is 4.52. The molecule has 0 spiro atoms. The highest BCUT2D eigenvalue weighted by Crippen LogP contribution is 2.22. The lowest BCUT2D eigenvalue weighted by molar-refractivity contribution is -0.120. The molecule has 0 saturated heterocycles. The van der Waals surface area contributed by atoms with Crippen LogP contribution in [0.1, 0.15) is 19.6 Å². The minimum atomic E-state index is -0.388. The second kappa shape index (κ2) is 7.57. The van der Waals surface area contributed by atoms with Crippen LogP contribution in [0.2, 0.25) is 0 Å². The van der Waals surface area contributed by atoms with Gasteiger partial charge in [0.25, 0.3) is 5.56 Å². The molecule has 0 bridgehead atoms. The fourth-order valence-electron chi connectivity index (χ4n) is 2.46. The van der Waals surface area contributed by atoms with Crippen molar-refractivity contribution in [1.29, 1.82) is 0 Å². The smallest absolute Gasteiger partial charge is 0.262 e. The molecule has 7 heteroatoms. The maximum absolute atomic E-state index is 12.6. The zero-order valence-electron chi connectivity index (χ0n) is 14.1. The number of carbonyl (C=O) groups is 1. The highest BCUT2D eigenvalue weighted by atomic mass is 32.2. The van der Waals surface area contributed by atoms with E-state index in [9.17, 15) is 9.59 Å². The van der Waals surface area contributed by atoms with Crippen molar-refractivity contribution in [2.75, 3.05) is 0 Å². The molecule has 1 unspecified atom stereocenters. The Balaban J connectivity index is 1.79. The van der Waals surface area contributed by atoms with Crippen LogP contribution in [0.3, 0.4) is 0 Å². The lowest BCUT2D eigenvalue weighted by Gasteiger charge is -2.15. The number of aromatic nitrogens is 2. The monoisotopic (exact) mass is 357 g/mol. The maximum atomic E-state index is 12.6. The van der Waals surface area contributed by atoms with Gasteiger partial charge < -0.3 is 9.73 Å². The summed E-state index contributed by atoms with van der Waals surface area (Å²) < 4.78 is 6.80. The third-order valence-corrected chi connectivity index (χ3v) is 4.90. The number of carbonyl (C=O) groups excluding carboxylic acids is 1. The SMILES string of the molecule is CCn1c(SC(C)C(=O)NCc2ccco2)nc2ccccc2c1=O. The summed E-state index contributed by atoms with van der Waals surface area (Å²) in [5.74, 6) is 0.561. The number of hydrogen-bond donors (Lipinski definition) is 1. The Labute approximate surface area is 149 Å². The molecule has 2 aromatic heterocycles. The Hall–Kier alpha value is -2.54. The maximum Gasteiger partial charge on any atom is 0.262 e. The third-order valence-electron chi connectivity index (χ3n) is 3.81. The van der Waals surface area contributed by atoms with Gasteiger partial charge in [0, 0.05) is 6.54 Å². The fraction of sp³-hybridized carbons (Fsp3) is 0.278.